The first-order valence-corrected chi connectivity index (χ1v) is 14.5. The lowest BCUT2D eigenvalue weighted by Gasteiger charge is -2.63. The largest absolute Gasteiger partial charge is 0.469 e. The summed E-state index contributed by atoms with van der Waals surface area (Å²) in [6, 6.07) is 0. The fourth-order valence-corrected chi connectivity index (χ4v) is 9.54. The summed E-state index contributed by atoms with van der Waals surface area (Å²) in [4.78, 5) is 27.5. The van der Waals surface area contributed by atoms with E-state index in [0.29, 0.717) is 48.5 Å². The van der Waals surface area contributed by atoms with Crippen LogP contribution >= 0.6 is 0 Å². The Labute approximate surface area is 227 Å². The number of azide groups is 1. The average Bonchev–Trinajstić information content (AvgIpc) is 3.27. The molecule has 4 saturated carbocycles. The molecule has 1 unspecified atom stereocenters. The van der Waals surface area contributed by atoms with Crippen LogP contribution in [0.2, 0.25) is 0 Å². The summed E-state index contributed by atoms with van der Waals surface area (Å²) in [5.41, 5.74) is 8.76. The molecule has 0 aromatic heterocycles. The maximum atomic E-state index is 12.8. The van der Waals surface area contributed by atoms with Crippen molar-refractivity contribution < 1.29 is 23.8 Å². The van der Waals surface area contributed by atoms with Gasteiger partial charge in [-0.3, -0.25) is 9.59 Å². The lowest BCUT2D eigenvalue weighted by atomic mass is 9.43. The number of esters is 2. The van der Waals surface area contributed by atoms with Gasteiger partial charge in [0.25, 0.3) is 0 Å². The summed E-state index contributed by atoms with van der Waals surface area (Å²) in [7, 11) is 1.44. The third-order valence-electron chi connectivity index (χ3n) is 11.4. The summed E-state index contributed by atoms with van der Waals surface area (Å²) in [6.07, 6.45) is 15.3. The second-order valence-electron chi connectivity index (χ2n) is 12.8. The molecule has 8 heteroatoms. The van der Waals surface area contributed by atoms with Crippen molar-refractivity contribution in [2.24, 2.45) is 51.5 Å². The molecule has 0 radical (unpaired) electrons. The number of terminal acetylenes is 1. The molecule has 0 N–H and O–H groups in total. The molecule has 4 aliphatic rings. The second kappa shape index (κ2) is 11.9. The fraction of sp³-hybridized carbons (Fsp3) is 0.867. The van der Waals surface area contributed by atoms with Gasteiger partial charge in [-0.05, 0) is 104 Å². The van der Waals surface area contributed by atoms with E-state index in [-0.39, 0.29) is 35.6 Å². The van der Waals surface area contributed by atoms with Crippen LogP contribution in [0.4, 0.5) is 0 Å². The molecule has 8 nitrogen and oxygen atoms in total. The van der Waals surface area contributed by atoms with E-state index in [9.17, 15) is 9.59 Å². The van der Waals surface area contributed by atoms with Crippen LogP contribution in [0.25, 0.3) is 10.4 Å². The van der Waals surface area contributed by atoms with Gasteiger partial charge in [0, 0.05) is 16.7 Å². The van der Waals surface area contributed by atoms with E-state index >= 15 is 0 Å². The molecule has 0 heterocycles. The van der Waals surface area contributed by atoms with Crippen LogP contribution in [0.1, 0.15) is 85.0 Å². The molecule has 4 rings (SSSR count). The van der Waals surface area contributed by atoms with E-state index in [1.54, 1.807) is 0 Å². The van der Waals surface area contributed by atoms with E-state index in [4.69, 9.17) is 26.2 Å². The van der Waals surface area contributed by atoms with Gasteiger partial charge < -0.3 is 14.2 Å². The third-order valence-corrected chi connectivity index (χ3v) is 11.4. The monoisotopic (exact) mass is 527 g/mol. The second-order valence-corrected chi connectivity index (χ2v) is 12.8. The molecule has 210 valence electrons. The van der Waals surface area contributed by atoms with Crippen LogP contribution in [0.5, 0.6) is 0 Å². The quantitative estimate of drug-likeness (QED) is 0.119. The molecule has 0 aromatic rings. The Bertz CT molecular complexity index is 973. The molecule has 4 fully saturated rings. The van der Waals surface area contributed by atoms with Crippen molar-refractivity contribution in [3.63, 3.8) is 0 Å². The highest BCUT2D eigenvalue weighted by Crippen LogP contribution is 2.69. The number of hydrogen-bond acceptors (Lipinski definition) is 6. The Balaban J connectivity index is 1.60. The van der Waals surface area contributed by atoms with Gasteiger partial charge in [0.1, 0.15) is 19.3 Å². The summed E-state index contributed by atoms with van der Waals surface area (Å²) in [5.74, 6) is 4.81. The number of hydrogen-bond donors (Lipinski definition) is 0. The molecule has 0 bridgehead atoms. The van der Waals surface area contributed by atoms with Crippen molar-refractivity contribution in [1.29, 1.82) is 0 Å². The zero-order valence-electron chi connectivity index (χ0n) is 23.6. The smallest absolute Gasteiger partial charge is 0.312 e. The first-order chi connectivity index (χ1) is 18.2. The van der Waals surface area contributed by atoms with Gasteiger partial charge in [0.05, 0.1) is 13.2 Å². The molecule has 38 heavy (non-hydrogen) atoms. The Hall–Kier alpha value is -2.23. The topological polar surface area (TPSA) is 111 Å². The lowest BCUT2D eigenvalue weighted by molar-refractivity contribution is -0.197. The number of methoxy groups -OCH3 is 1. The highest BCUT2D eigenvalue weighted by molar-refractivity contribution is 5.72. The van der Waals surface area contributed by atoms with Gasteiger partial charge in [0.15, 0.2) is 0 Å². The van der Waals surface area contributed by atoms with E-state index in [1.807, 2.05) is 0 Å². The third kappa shape index (κ3) is 5.29. The molecule has 0 amide bonds. The fourth-order valence-electron chi connectivity index (χ4n) is 9.54. The van der Waals surface area contributed by atoms with Crippen molar-refractivity contribution in [2.75, 3.05) is 20.3 Å². The number of fused-ring (bicyclic) bond motifs is 5. The molecular weight excluding hydrogens is 482 g/mol. The van der Waals surface area contributed by atoms with E-state index in [2.05, 4.69) is 36.7 Å². The minimum absolute atomic E-state index is 0.168. The van der Waals surface area contributed by atoms with Crippen molar-refractivity contribution in [2.45, 2.75) is 97.2 Å². The van der Waals surface area contributed by atoms with Crippen molar-refractivity contribution in [3.8, 4) is 12.3 Å². The van der Waals surface area contributed by atoms with Gasteiger partial charge in [-0.15, -0.1) is 6.42 Å². The minimum atomic E-state index is -0.442. The Morgan fingerprint density at radius 2 is 1.92 bits per heavy atom. The van der Waals surface area contributed by atoms with Crippen molar-refractivity contribution in [1.82, 2.24) is 0 Å². The van der Waals surface area contributed by atoms with Crippen LogP contribution in [-0.4, -0.2) is 44.4 Å². The van der Waals surface area contributed by atoms with E-state index in [0.717, 1.165) is 44.9 Å². The highest BCUT2D eigenvalue weighted by Gasteiger charge is 2.65. The van der Waals surface area contributed by atoms with Crippen LogP contribution < -0.4 is 0 Å². The number of nitrogens with zero attached hydrogens (tertiary/aromatic N) is 3. The van der Waals surface area contributed by atoms with Crippen LogP contribution in [0.15, 0.2) is 5.11 Å². The average molecular weight is 528 g/mol. The summed E-state index contributed by atoms with van der Waals surface area (Å²) < 4.78 is 17.1. The molecule has 0 saturated heterocycles. The predicted octanol–water partition coefficient (Wildman–Crippen LogP) is 6.09. The Morgan fingerprint density at radius 1 is 1.13 bits per heavy atom. The normalized spacial score (nSPS) is 40.3. The Morgan fingerprint density at radius 3 is 2.63 bits per heavy atom. The van der Waals surface area contributed by atoms with Crippen molar-refractivity contribution in [3.05, 3.63) is 10.4 Å². The van der Waals surface area contributed by atoms with Gasteiger partial charge >= 0.3 is 11.9 Å². The first kappa shape index (κ1) is 28.8. The molecule has 10 atom stereocenters. The number of carbonyl (C=O) groups excluding carboxylic acids is 2. The predicted molar refractivity (Wildman–Crippen MR) is 143 cm³/mol. The maximum Gasteiger partial charge on any atom is 0.312 e. The SMILES string of the molecule is C#CCO[C@@H]1CC[C@@]2(C)C(CC[C@H]3[C@@H]4CC[C@H]([C@H](C)CCC(=O)OC)[C@@]4(C)[C@@H](OC(=O)CN=[N+]=[N-])C[C@@H]32)C1. The molecule has 0 aliphatic heterocycles. The standard InChI is InChI=1S/C30H45N3O5/c1-6-15-37-21-13-14-29(3)20(16-21)8-9-22-24-11-10-23(19(2)7-12-27(34)36-5)30(24,4)26(17-25(22)29)38-28(35)18-32-33-31/h1,19-26H,7-18H2,2-5H3/t19-,20?,21-,22+,23-,24+,25+,26+,29+,30-/m1/s1. The van der Waals surface area contributed by atoms with Gasteiger partial charge in [-0.2, -0.15) is 0 Å². The zero-order chi connectivity index (χ0) is 27.5. The highest BCUT2D eigenvalue weighted by atomic mass is 16.5. The number of ether oxygens (including phenoxy) is 3. The van der Waals surface area contributed by atoms with Crippen LogP contribution in [-0.2, 0) is 23.8 Å². The van der Waals surface area contributed by atoms with E-state index in [1.165, 1.54) is 20.0 Å². The van der Waals surface area contributed by atoms with Gasteiger partial charge in [-0.25, -0.2) is 0 Å². The van der Waals surface area contributed by atoms with Crippen LogP contribution in [0.3, 0.4) is 0 Å². The van der Waals surface area contributed by atoms with Gasteiger partial charge in [0.2, 0.25) is 0 Å². The van der Waals surface area contributed by atoms with Gasteiger partial charge in [-0.1, -0.05) is 31.8 Å². The molecular formula is C30H45N3O5. The van der Waals surface area contributed by atoms with Crippen LogP contribution in [0, 0.1) is 58.7 Å². The lowest BCUT2D eigenvalue weighted by Crippen LogP contribution is -2.59. The summed E-state index contributed by atoms with van der Waals surface area (Å²) in [6.45, 7) is 7.14. The zero-order valence-corrected chi connectivity index (χ0v) is 23.6. The Kier molecular flexibility index (Phi) is 9.00. The minimum Gasteiger partial charge on any atom is -0.469 e. The van der Waals surface area contributed by atoms with E-state index < -0.39 is 5.97 Å². The summed E-state index contributed by atoms with van der Waals surface area (Å²) in [5, 5.41) is 3.48. The first-order valence-electron chi connectivity index (χ1n) is 14.5. The molecule has 0 aromatic carbocycles. The molecule has 0 spiro atoms. The maximum absolute atomic E-state index is 12.8. The summed E-state index contributed by atoms with van der Waals surface area (Å²) >= 11 is 0. The molecule has 4 aliphatic carbocycles. The number of rotatable bonds is 9. The van der Waals surface area contributed by atoms with Crippen molar-refractivity contribution >= 4 is 11.9 Å². The number of carbonyl (C=O) groups is 2.